The predicted octanol–water partition coefficient (Wildman–Crippen LogP) is 1.57. The molecule has 0 aliphatic carbocycles. The fourth-order valence-corrected chi connectivity index (χ4v) is 1.63. The van der Waals surface area contributed by atoms with Crippen molar-refractivity contribution in [1.29, 1.82) is 0 Å². The maximum absolute atomic E-state index is 13.4. The Hall–Kier alpha value is -1.62. The molecule has 1 aromatic rings. The molecule has 2 N–H and O–H groups in total. The molecule has 0 aliphatic heterocycles. The fourth-order valence-electron chi connectivity index (χ4n) is 1.63. The Labute approximate surface area is 113 Å². The second-order valence-corrected chi connectivity index (χ2v) is 4.67. The number of nitrogens with two attached hydrogens (primary N) is 1. The smallest absolute Gasteiger partial charge is 0.260 e. The Morgan fingerprint density at radius 1 is 1.47 bits per heavy atom. The van der Waals surface area contributed by atoms with Crippen LogP contribution in [-0.2, 0) is 11.2 Å². The van der Waals surface area contributed by atoms with Gasteiger partial charge in [-0.25, -0.2) is 4.39 Å². The van der Waals surface area contributed by atoms with Gasteiger partial charge in [-0.15, -0.1) is 0 Å². The Balaban J connectivity index is 2.68. The van der Waals surface area contributed by atoms with E-state index in [0.29, 0.717) is 18.7 Å². The van der Waals surface area contributed by atoms with Crippen molar-refractivity contribution >= 4 is 5.91 Å². The molecule has 0 spiro atoms. The largest absolute Gasteiger partial charge is 0.484 e. The first kappa shape index (κ1) is 15.4. The molecule has 0 fully saturated rings. The van der Waals surface area contributed by atoms with Crippen molar-refractivity contribution in [3.8, 4) is 5.75 Å². The fraction of sp³-hybridized carbons (Fsp3) is 0.500. The van der Waals surface area contributed by atoms with Gasteiger partial charge >= 0.3 is 0 Å². The third-order valence-corrected chi connectivity index (χ3v) is 2.75. The van der Waals surface area contributed by atoms with Crippen LogP contribution >= 0.6 is 0 Å². The monoisotopic (exact) mass is 268 g/mol. The van der Waals surface area contributed by atoms with E-state index in [0.717, 1.165) is 5.56 Å². The molecule has 0 radical (unpaired) electrons. The molecule has 0 aliphatic rings. The molecule has 4 nitrogen and oxygen atoms in total. The Kier molecular flexibility index (Phi) is 5.76. The van der Waals surface area contributed by atoms with Crippen LogP contribution in [0.15, 0.2) is 18.2 Å². The molecule has 106 valence electrons. The molecular weight excluding hydrogens is 247 g/mol. The lowest BCUT2D eigenvalue weighted by molar-refractivity contribution is -0.131. The molecule has 1 rings (SSSR count). The minimum atomic E-state index is -0.385. The van der Waals surface area contributed by atoms with E-state index in [1.54, 1.807) is 18.0 Å². The zero-order valence-corrected chi connectivity index (χ0v) is 11.6. The standard InChI is InChI=1S/C14H21FN2O2/c1-4-17(3)14(18)9-19-13-7-11(5-10(2)16)6-12(15)8-13/h6-8,10H,4-5,9,16H2,1-3H3. The summed E-state index contributed by atoms with van der Waals surface area (Å²) in [5, 5.41) is 0. The maximum atomic E-state index is 13.4. The molecule has 1 atom stereocenters. The van der Waals surface area contributed by atoms with Crippen LogP contribution in [0.25, 0.3) is 0 Å². The number of rotatable bonds is 6. The van der Waals surface area contributed by atoms with Gasteiger partial charge in [-0.05, 0) is 38.0 Å². The van der Waals surface area contributed by atoms with E-state index in [4.69, 9.17) is 10.5 Å². The average Bonchev–Trinajstić information content (AvgIpc) is 2.33. The molecule has 1 aromatic carbocycles. The van der Waals surface area contributed by atoms with Crippen LogP contribution in [0.2, 0.25) is 0 Å². The van der Waals surface area contributed by atoms with Crippen LogP contribution in [-0.4, -0.2) is 37.0 Å². The van der Waals surface area contributed by atoms with Crippen molar-refractivity contribution < 1.29 is 13.9 Å². The third kappa shape index (κ3) is 5.26. The van der Waals surface area contributed by atoms with Gasteiger partial charge in [-0.3, -0.25) is 4.79 Å². The summed E-state index contributed by atoms with van der Waals surface area (Å²) in [5.74, 6) is -0.168. The summed E-state index contributed by atoms with van der Waals surface area (Å²) >= 11 is 0. The summed E-state index contributed by atoms with van der Waals surface area (Å²) in [6.45, 7) is 4.25. The van der Waals surface area contributed by atoms with Gasteiger partial charge in [-0.1, -0.05) is 0 Å². The minimum Gasteiger partial charge on any atom is -0.484 e. The number of benzene rings is 1. The van der Waals surface area contributed by atoms with Crippen LogP contribution in [0.1, 0.15) is 19.4 Å². The summed E-state index contributed by atoms with van der Waals surface area (Å²) < 4.78 is 18.7. The normalized spacial score (nSPS) is 12.1. The number of hydrogen-bond acceptors (Lipinski definition) is 3. The molecule has 1 unspecified atom stereocenters. The summed E-state index contributed by atoms with van der Waals surface area (Å²) in [6.07, 6.45) is 0.566. The van der Waals surface area contributed by atoms with Gasteiger partial charge in [0, 0.05) is 25.7 Å². The first-order chi connectivity index (χ1) is 8.92. The molecule has 19 heavy (non-hydrogen) atoms. The zero-order valence-electron chi connectivity index (χ0n) is 11.6. The van der Waals surface area contributed by atoms with E-state index in [2.05, 4.69) is 0 Å². The Morgan fingerprint density at radius 3 is 2.74 bits per heavy atom. The molecule has 0 bridgehead atoms. The number of hydrogen-bond donors (Lipinski definition) is 1. The van der Waals surface area contributed by atoms with Crippen molar-refractivity contribution in [2.24, 2.45) is 5.73 Å². The van der Waals surface area contributed by atoms with E-state index in [1.807, 2.05) is 13.8 Å². The van der Waals surface area contributed by atoms with Crippen LogP contribution in [0.3, 0.4) is 0 Å². The second-order valence-electron chi connectivity index (χ2n) is 4.67. The summed E-state index contributed by atoms with van der Waals surface area (Å²) in [5.41, 5.74) is 6.45. The zero-order chi connectivity index (χ0) is 14.4. The van der Waals surface area contributed by atoms with E-state index < -0.39 is 0 Å². The third-order valence-electron chi connectivity index (χ3n) is 2.75. The van der Waals surface area contributed by atoms with Crippen molar-refractivity contribution in [3.05, 3.63) is 29.6 Å². The summed E-state index contributed by atoms with van der Waals surface area (Å²) in [4.78, 5) is 13.1. The minimum absolute atomic E-state index is 0.0532. The van der Waals surface area contributed by atoms with Gasteiger partial charge < -0.3 is 15.4 Å². The lowest BCUT2D eigenvalue weighted by Crippen LogP contribution is -2.31. The number of ether oxygens (including phenoxy) is 1. The van der Waals surface area contributed by atoms with E-state index in [1.165, 1.54) is 12.1 Å². The number of halogens is 1. The molecule has 0 aromatic heterocycles. The number of nitrogens with zero attached hydrogens (tertiary/aromatic N) is 1. The maximum Gasteiger partial charge on any atom is 0.260 e. The highest BCUT2D eigenvalue weighted by atomic mass is 19.1. The SMILES string of the molecule is CCN(C)C(=O)COc1cc(F)cc(CC(C)N)c1. The molecule has 5 heteroatoms. The van der Waals surface area contributed by atoms with Crippen molar-refractivity contribution in [2.45, 2.75) is 26.3 Å². The highest BCUT2D eigenvalue weighted by molar-refractivity contribution is 5.77. The number of carbonyl (C=O) groups is 1. The Bertz CT molecular complexity index is 435. The van der Waals surface area contributed by atoms with E-state index in [9.17, 15) is 9.18 Å². The lowest BCUT2D eigenvalue weighted by atomic mass is 10.1. The van der Waals surface area contributed by atoms with Gasteiger partial charge in [0.2, 0.25) is 0 Å². The van der Waals surface area contributed by atoms with Gasteiger partial charge in [0.1, 0.15) is 11.6 Å². The van der Waals surface area contributed by atoms with Crippen LogP contribution < -0.4 is 10.5 Å². The lowest BCUT2D eigenvalue weighted by Gasteiger charge is -2.15. The van der Waals surface area contributed by atoms with Gasteiger partial charge in [-0.2, -0.15) is 0 Å². The first-order valence-corrected chi connectivity index (χ1v) is 6.34. The topological polar surface area (TPSA) is 55.6 Å². The number of carbonyl (C=O) groups excluding carboxylic acids is 1. The van der Waals surface area contributed by atoms with Gasteiger partial charge in [0.25, 0.3) is 5.91 Å². The number of likely N-dealkylation sites (N-methyl/N-ethyl adjacent to an activating group) is 1. The molecular formula is C14H21FN2O2. The summed E-state index contributed by atoms with van der Waals surface area (Å²) in [6, 6.07) is 4.36. The number of amides is 1. The second kappa shape index (κ2) is 7.09. The molecule has 0 saturated carbocycles. The quantitative estimate of drug-likeness (QED) is 0.852. The van der Waals surface area contributed by atoms with Crippen LogP contribution in [0, 0.1) is 5.82 Å². The highest BCUT2D eigenvalue weighted by Crippen LogP contribution is 2.17. The molecule has 0 saturated heterocycles. The molecule has 1 amide bonds. The Morgan fingerprint density at radius 2 is 2.16 bits per heavy atom. The van der Waals surface area contributed by atoms with Crippen molar-refractivity contribution in [2.75, 3.05) is 20.2 Å². The van der Waals surface area contributed by atoms with Crippen molar-refractivity contribution in [1.82, 2.24) is 4.90 Å². The summed E-state index contributed by atoms with van der Waals surface area (Å²) in [7, 11) is 1.69. The average molecular weight is 268 g/mol. The van der Waals surface area contributed by atoms with Gasteiger partial charge in [0.05, 0.1) is 0 Å². The first-order valence-electron chi connectivity index (χ1n) is 6.34. The van der Waals surface area contributed by atoms with Gasteiger partial charge in [0.15, 0.2) is 6.61 Å². The van der Waals surface area contributed by atoms with Crippen LogP contribution in [0.4, 0.5) is 4.39 Å². The highest BCUT2D eigenvalue weighted by Gasteiger charge is 2.09. The van der Waals surface area contributed by atoms with E-state index >= 15 is 0 Å². The van der Waals surface area contributed by atoms with E-state index in [-0.39, 0.29) is 24.4 Å². The van der Waals surface area contributed by atoms with Crippen molar-refractivity contribution in [3.63, 3.8) is 0 Å². The predicted molar refractivity (Wildman–Crippen MR) is 72.6 cm³/mol. The molecule has 0 heterocycles. The van der Waals surface area contributed by atoms with Crippen LogP contribution in [0.5, 0.6) is 5.75 Å².